The van der Waals surface area contributed by atoms with Crippen LogP contribution in [0.15, 0.2) is 6.07 Å². The molecule has 0 N–H and O–H groups in total. The van der Waals surface area contributed by atoms with E-state index in [1.54, 1.807) is 0 Å². The van der Waals surface area contributed by atoms with Crippen LogP contribution in [0, 0.1) is 6.92 Å². The molecule has 4 nitrogen and oxygen atoms in total. The molecule has 0 fully saturated rings. The molecule has 68 valence electrons. The minimum absolute atomic E-state index is 0.412. The van der Waals surface area contributed by atoms with Crippen molar-refractivity contribution in [3.05, 3.63) is 17.5 Å². The van der Waals surface area contributed by atoms with Crippen LogP contribution in [0.3, 0.4) is 0 Å². The lowest BCUT2D eigenvalue weighted by Gasteiger charge is -1.97. The molecule has 0 saturated heterocycles. The fraction of sp³-hybridized carbons (Fsp3) is 0.625. The zero-order valence-electron chi connectivity index (χ0n) is 7.70. The quantitative estimate of drug-likeness (QED) is 0.387. The maximum absolute atomic E-state index is 4.86. The number of nitrogens with zero attached hydrogens (tertiary/aromatic N) is 2. The molecule has 0 aromatic carbocycles. The van der Waals surface area contributed by atoms with Crippen molar-refractivity contribution in [3.63, 3.8) is 0 Å². The first-order valence-corrected chi connectivity index (χ1v) is 3.98. The van der Waals surface area contributed by atoms with Crippen LogP contribution >= 0.6 is 0 Å². The van der Waals surface area contributed by atoms with Crippen LogP contribution in [0.2, 0.25) is 0 Å². The van der Waals surface area contributed by atoms with Gasteiger partial charge in [-0.1, -0.05) is 0 Å². The van der Waals surface area contributed by atoms with Gasteiger partial charge in [0.2, 0.25) is 0 Å². The van der Waals surface area contributed by atoms with E-state index in [0.29, 0.717) is 13.2 Å². The average molecular weight is 170 g/mol. The molecule has 0 aliphatic rings. The molecule has 0 bridgehead atoms. The fourth-order valence-electron chi connectivity index (χ4n) is 0.891. The van der Waals surface area contributed by atoms with Gasteiger partial charge in [0.15, 0.2) is 0 Å². The molecule has 0 unspecified atom stereocenters. The molecule has 0 amide bonds. The van der Waals surface area contributed by atoms with E-state index in [0.717, 1.165) is 11.4 Å². The lowest BCUT2D eigenvalue weighted by molar-refractivity contribution is -0.301. The predicted molar refractivity (Wildman–Crippen MR) is 44.4 cm³/mol. The Morgan fingerprint density at radius 2 is 2.25 bits per heavy atom. The third-order valence-electron chi connectivity index (χ3n) is 1.57. The van der Waals surface area contributed by atoms with Gasteiger partial charge in [0.25, 0.3) is 0 Å². The predicted octanol–water partition coefficient (Wildman–Crippen LogP) is 1.20. The summed E-state index contributed by atoms with van der Waals surface area (Å²) in [5.41, 5.74) is 2.01. The van der Waals surface area contributed by atoms with E-state index < -0.39 is 0 Å². The minimum atomic E-state index is 0.412. The van der Waals surface area contributed by atoms with Crippen LogP contribution in [-0.2, 0) is 23.4 Å². The van der Waals surface area contributed by atoms with Gasteiger partial charge in [-0.3, -0.25) is 4.68 Å². The molecule has 0 saturated carbocycles. The molecule has 12 heavy (non-hydrogen) atoms. The lowest BCUT2D eigenvalue weighted by atomic mass is 10.4. The van der Waals surface area contributed by atoms with Crippen molar-refractivity contribution in [3.8, 4) is 0 Å². The Balaban J connectivity index is 2.42. The van der Waals surface area contributed by atoms with E-state index >= 15 is 0 Å². The van der Waals surface area contributed by atoms with Crippen molar-refractivity contribution in [2.24, 2.45) is 7.05 Å². The summed E-state index contributed by atoms with van der Waals surface area (Å²) in [7, 11) is 1.90. The molecule has 1 heterocycles. The van der Waals surface area contributed by atoms with Gasteiger partial charge in [0, 0.05) is 12.7 Å². The van der Waals surface area contributed by atoms with Gasteiger partial charge >= 0.3 is 0 Å². The highest BCUT2D eigenvalue weighted by Gasteiger charge is 2.00. The van der Waals surface area contributed by atoms with Crippen molar-refractivity contribution in [1.82, 2.24) is 9.78 Å². The maximum Gasteiger partial charge on any atom is 0.126 e. The second kappa shape index (κ2) is 4.23. The number of hydrogen-bond acceptors (Lipinski definition) is 3. The van der Waals surface area contributed by atoms with Crippen LogP contribution in [0.4, 0.5) is 0 Å². The smallest absolute Gasteiger partial charge is 0.126 e. The Hall–Kier alpha value is -0.870. The van der Waals surface area contributed by atoms with Crippen molar-refractivity contribution >= 4 is 0 Å². The largest absolute Gasteiger partial charge is 0.273 e. The standard InChI is InChI=1S/C8H14N2O2/c1-4-11-12-6-8-5-7(2)10(3)9-8/h5H,4,6H2,1-3H3. The maximum atomic E-state index is 4.86. The van der Waals surface area contributed by atoms with Crippen LogP contribution in [0.25, 0.3) is 0 Å². The molecule has 4 heteroatoms. The number of aromatic nitrogens is 2. The summed E-state index contributed by atoms with van der Waals surface area (Å²) >= 11 is 0. The highest BCUT2D eigenvalue weighted by Crippen LogP contribution is 2.02. The summed E-state index contributed by atoms with van der Waals surface area (Å²) in [6.45, 7) is 4.85. The van der Waals surface area contributed by atoms with Crippen LogP contribution < -0.4 is 0 Å². The summed E-state index contributed by atoms with van der Waals surface area (Å²) in [6, 6.07) is 1.97. The third kappa shape index (κ3) is 2.32. The van der Waals surface area contributed by atoms with Crippen LogP contribution in [0.1, 0.15) is 18.3 Å². The van der Waals surface area contributed by atoms with Crippen molar-refractivity contribution in [2.75, 3.05) is 6.61 Å². The Bertz CT molecular complexity index is 226. The topological polar surface area (TPSA) is 36.3 Å². The molecule has 0 spiro atoms. The normalized spacial score (nSPS) is 10.6. The lowest BCUT2D eigenvalue weighted by Crippen LogP contribution is -1.97. The van der Waals surface area contributed by atoms with Gasteiger partial charge in [0.1, 0.15) is 6.61 Å². The van der Waals surface area contributed by atoms with Crippen molar-refractivity contribution in [1.29, 1.82) is 0 Å². The number of aryl methyl sites for hydroxylation is 2. The monoisotopic (exact) mass is 170 g/mol. The summed E-state index contributed by atoms with van der Waals surface area (Å²) in [5, 5.41) is 4.19. The van der Waals surface area contributed by atoms with Gasteiger partial charge in [-0.2, -0.15) is 5.10 Å². The van der Waals surface area contributed by atoms with E-state index in [4.69, 9.17) is 9.78 Å². The molecular formula is C8H14N2O2. The molecule has 1 aromatic heterocycles. The third-order valence-corrected chi connectivity index (χ3v) is 1.57. The average Bonchev–Trinajstić information content (AvgIpc) is 2.32. The molecular weight excluding hydrogens is 156 g/mol. The molecule has 0 atom stereocenters. The van der Waals surface area contributed by atoms with Crippen molar-refractivity contribution < 1.29 is 9.78 Å². The highest BCUT2D eigenvalue weighted by molar-refractivity contribution is 5.06. The Morgan fingerprint density at radius 1 is 1.50 bits per heavy atom. The van der Waals surface area contributed by atoms with E-state index in [1.807, 2.05) is 31.6 Å². The Labute approximate surface area is 72.0 Å². The number of hydrogen-bond donors (Lipinski definition) is 0. The molecule has 0 aliphatic heterocycles. The van der Waals surface area contributed by atoms with Crippen LogP contribution in [0.5, 0.6) is 0 Å². The second-order valence-corrected chi connectivity index (χ2v) is 2.57. The minimum Gasteiger partial charge on any atom is -0.273 e. The highest BCUT2D eigenvalue weighted by atomic mass is 17.2. The summed E-state index contributed by atoms with van der Waals surface area (Å²) in [4.78, 5) is 9.60. The van der Waals surface area contributed by atoms with Gasteiger partial charge in [-0.15, -0.1) is 0 Å². The molecule has 1 aromatic rings. The Morgan fingerprint density at radius 3 is 2.75 bits per heavy atom. The van der Waals surface area contributed by atoms with Gasteiger partial charge in [0.05, 0.1) is 12.3 Å². The zero-order valence-corrected chi connectivity index (χ0v) is 7.70. The summed E-state index contributed by atoms with van der Waals surface area (Å²) in [5.74, 6) is 0. The SMILES string of the molecule is CCOOCc1cc(C)n(C)n1. The van der Waals surface area contributed by atoms with Crippen molar-refractivity contribution in [2.45, 2.75) is 20.5 Å². The second-order valence-electron chi connectivity index (χ2n) is 2.57. The van der Waals surface area contributed by atoms with Gasteiger partial charge in [-0.05, 0) is 19.9 Å². The van der Waals surface area contributed by atoms with Crippen LogP contribution in [-0.4, -0.2) is 16.4 Å². The van der Waals surface area contributed by atoms with Gasteiger partial charge in [-0.25, -0.2) is 9.78 Å². The first kappa shape index (κ1) is 9.22. The Kier molecular flexibility index (Phi) is 3.25. The fourth-order valence-corrected chi connectivity index (χ4v) is 0.891. The summed E-state index contributed by atoms with van der Waals surface area (Å²) < 4.78 is 1.81. The summed E-state index contributed by atoms with van der Waals surface area (Å²) in [6.07, 6.45) is 0. The molecule has 0 aliphatic carbocycles. The van der Waals surface area contributed by atoms with E-state index in [-0.39, 0.29) is 0 Å². The van der Waals surface area contributed by atoms with E-state index in [9.17, 15) is 0 Å². The van der Waals surface area contributed by atoms with E-state index in [2.05, 4.69) is 5.10 Å². The molecule has 1 rings (SSSR count). The first-order chi connectivity index (χ1) is 5.74. The molecule has 0 radical (unpaired) electrons. The zero-order chi connectivity index (χ0) is 8.97. The first-order valence-electron chi connectivity index (χ1n) is 3.98. The van der Waals surface area contributed by atoms with Gasteiger partial charge < -0.3 is 0 Å². The van der Waals surface area contributed by atoms with E-state index in [1.165, 1.54) is 0 Å². The number of rotatable bonds is 4.